The molecule has 0 bridgehead atoms. The van der Waals surface area contributed by atoms with Gasteiger partial charge in [-0.3, -0.25) is 0 Å². The molecular formula is C10H17BrN4O3S. The molecule has 1 saturated heterocycles. The van der Waals surface area contributed by atoms with Crippen molar-refractivity contribution in [2.24, 2.45) is 12.5 Å². The Balaban J connectivity index is 2.10. The molecular weight excluding hydrogens is 336 g/mol. The van der Waals surface area contributed by atoms with Crippen LogP contribution >= 0.6 is 15.9 Å². The number of ether oxygens (including phenoxy) is 1. The number of hydrogen-bond donors (Lipinski definition) is 1. The Bertz CT molecular complexity index is 532. The van der Waals surface area contributed by atoms with Gasteiger partial charge in [0.25, 0.3) is 10.0 Å². The van der Waals surface area contributed by atoms with Gasteiger partial charge in [0, 0.05) is 26.8 Å². The normalized spacial score (nSPS) is 19.5. The van der Waals surface area contributed by atoms with Crippen LogP contribution in [0.1, 0.15) is 19.8 Å². The summed E-state index contributed by atoms with van der Waals surface area (Å²) < 4.78 is 33.9. The van der Waals surface area contributed by atoms with E-state index in [9.17, 15) is 8.42 Å². The quantitative estimate of drug-likeness (QED) is 0.860. The first-order valence-corrected chi connectivity index (χ1v) is 8.24. The molecule has 0 saturated carbocycles. The van der Waals surface area contributed by atoms with Gasteiger partial charge >= 0.3 is 0 Å². The summed E-state index contributed by atoms with van der Waals surface area (Å²) in [6.07, 6.45) is 1.70. The lowest BCUT2D eigenvalue weighted by atomic mass is 9.83. The van der Waals surface area contributed by atoms with Gasteiger partial charge in [-0.25, -0.2) is 17.8 Å². The van der Waals surface area contributed by atoms with Crippen LogP contribution in [0.15, 0.2) is 9.63 Å². The van der Waals surface area contributed by atoms with Crippen molar-refractivity contribution < 1.29 is 13.2 Å². The van der Waals surface area contributed by atoms with Gasteiger partial charge in [0.1, 0.15) is 0 Å². The first kappa shape index (κ1) is 14.9. The topological polar surface area (TPSA) is 86.1 Å². The molecule has 1 fully saturated rings. The highest BCUT2D eigenvalue weighted by Crippen LogP contribution is 2.29. The third-order valence-electron chi connectivity index (χ3n) is 3.38. The van der Waals surface area contributed by atoms with Gasteiger partial charge in [-0.15, -0.1) is 5.10 Å². The molecule has 2 heterocycles. The van der Waals surface area contributed by atoms with Gasteiger partial charge < -0.3 is 4.74 Å². The first-order valence-electron chi connectivity index (χ1n) is 5.97. The maximum Gasteiger partial charge on any atom is 0.260 e. The number of sulfonamides is 1. The zero-order valence-corrected chi connectivity index (χ0v) is 13.3. The molecule has 0 unspecified atom stereocenters. The fourth-order valence-electron chi connectivity index (χ4n) is 1.99. The number of hydrogen-bond acceptors (Lipinski definition) is 5. The summed E-state index contributed by atoms with van der Waals surface area (Å²) in [5.74, 6) is 0. The molecule has 1 aromatic heterocycles. The van der Waals surface area contributed by atoms with E-state index in [1.165, 1.54) is 4.68 Å². The molecule has 0 radical (unpaired) electrons. The molecule has 1 N–H and O–H groups in total. The van der Waals surface area contributed by atoms with Gasteiger partial charge in [-0.05, 0) is 34.2 Å². The maximum atomic E-state index is 12.2. The van der Waals surface area contributed by atoms with Crippen LogP contribution in [0.3, 0.4) is 0 Å². The summed E-state index contributed by atoms with van der Waals surface area (Å²) in [5.41, 5.74) is -0.0657. The minimum atomic E-state index is -3.62. The fraction of sp³-hybridized carbons (Fsp3) is 0.800. The number of aromatic nitrogens is 3. The lowest BCUT2D eigenvalue weighted by Gasteiger charge is -2.33. The number of nitrogens with zero attached hydrogens (tertiary/aromatic N) is 3. The highest BCUT2D eigenvalue weighted by molar-refractivity contribution is 9.10. The lowest BCUT2D eigenvalue weighted by molar-refractivity contribution is 0.0264. The van der Waals surface area contributed by atoms with Crippen LogP contribution < -0.4 is 4.72 Å². The minimum absolute atomic E-state index is 0.0446. The minimum Gasteiger partial charge on any atom is -0.381 e. The molecule has 1 aliphatic rings. The third-order valence-corrected chi connectivity index (χ3v) is 5.67. The smallest absolute Gasteiger partial charge is 0.260 e. The summed E-state index contributed by atoms with van der Waals surface area (Å²) >= 11 is 3.10. The second-order valence-electron chi connectivity index (χ2n) is 5.06. The first-order chi connectivity index (χ1) is 8.84. The van der Waals surface area contributed by atoms with Crippen molar-refractivity contribution in [2.75, 3.05) is 19.8 Å². The summed E-state index contributed by atoms with van der Waals surface area (Å²) in [7, 11) is -2.07. The Hall–Kier alpha value is -0.510. The van der Waals surface area contributed by atoms with Crippen molar-refractivity contribution >= 4 is 26.0 Å². The fourth-order valence-corrected chi connectivity index (χ4v) is 4.28. The van der Waals surface area contributed by atoms with Crippen molar-refractivity contribution in [3.05, 3.63) is 4.60 Å². The molecule has 7 nitrogen and oxygen atoms in total. The average Bonchev–Trinajstić information content (AvgIpc) is 2.68. The van der Waals surface area contributed by atoms with E-state index in [0.29, 0.717) is 19.8 Å². The summed E-state index contributed by atoms with van der Waals surface area (Å²) in [6.45, 7) is 3.80. The van der Waals surface area contributed by atoms with Gasteiger partial charge in [-0.2, -0.15) is 0 Å². The third kappa shape index (κ3) is 3.33. The Kier molecular flexibility index (Phi) is 4.29. The van der Waals surface area contributed by atoms with E-state index in [1.807, 2.05) is 0 Å². The molecule has 0 atom stereocenters. The Morgan fingerprint density at radius 1 is 1.47 bits per heavy atom. The molecule has 108 valence electrons. The monoisotopic (exact) mass is 352 g/mol. The second kappa shape index (κ2) is 5.47. The van der Waals surface area contributed by atoms with Crippen molar-refractivity contribution in [3.63, 3.8) is 0 Å². The summed E-state index contributed by atoms with van der Waals surface area (Å²) in [6, 6.07) is 0. The van der Waals surface area contributed by atoms with Crippen LogP contribution in [0.5, 0.6) is 0 Å². The van der Waals surface area contributed by atoms with E-state index in [2.05, 4.69) is 37.9 Å². The van der Waals surface area contributed by atoms with Crippen LogP contribution in [0.4, 0.5) is 0 Å². The van der Waals surface area contributed by atoms with Gasteiger partial charge in [0.2, 0.25) is 5.03 Å². The van der Waals surface area contributed by atoms with Crippen molar-refractivity contribution in [3.8, 4) is 0 Å². The number of nitrogens with one attached hydrogen (secondary N) is 1. The van der Waals surface area contributed by atoms with Crippen molar-refractivity contribution in [2.45, 2.75) is 24.8 Å². The Morgan fingerprint density at radius 2 is 2.11 bits per heavy atom. The number of aryl methyl sites for hydroxylation is 1. The SMILES string of the molecule is Cn1nnc(Br)c1S(=O)(=O)NCC1(C)CCOCC1. The number of halogens is 1. The molecule has 2 rings (SSSR count). The Labute approximate surface area is 120 Å². The molecule has 0 aliphatic carbocycles. The predicted octanol–water partition coefficient (Wildman–Crippen LogP) is 0.673. The lowest BCUT2D eigenvalue weighted by Crippen LogP contribution is -2.39. The summed E-state index contributed by atoms with van der Waals surface area (Å²) in [4.78, 5) is 0. The van der Waals surface area contributed by atoms with Crippen LogP contribution in [0, 0.1) is 5.41 Å². The molecule has 0 spiro atoms. The molecule has 0 amide bonds. The average molecular weight is 353 g/mol. The van der Waals surface area contributed by atoms with Gasteiger partial charge in [-0.1, -0.05) is 12.1 Å². The van der Waals surface area contributed by atoms with E-state index >= 15 is 0 Å². The maximum absolute atomic E-state index is 12.2. The van der Waals surface area contributed by atoms with E-state index < -0.39 is 10.0 Å². The zero-order valence-electron chi connectivity index (χ0n) is 10.9. The highest BCUT2D eigenvalue weighted by atomic mass is 79.9. The molecule has 9 heteroatoms. The highest BCUT2D eigenvalue weighted by Gasteiger charge is 2.31. The molecule has 1 aliphatic heterocycles. The summed E-state index contributed by atoms with van der Waals surface area (Å²) in [5, 5.41) is 7.40. The second-order valence-corrected chi connectivity index (χ2v) is 7.49. The molecule has 0 aromatic carbocycles. The zero-order chi connectivity index (χ0) is 14.1. The van der Waals surface area contributed by atoms with Crippen molar-refractivity contribution in [1.29, 1.82) is 0 Å². The van der Waals surface area contributed by atoms with Gasteiger partial charge in [0.05, 0.1) is 0 Å². The molecule has 1 aromatic rings. The van der Waals surface area contributed by atoms with Gasteiger partial charge in [0.15, 0.2) is 4.60 Å². The van der Waals surface area contributed by atoms with E-state index in [4.69, 9.17) is 4.74 Å². The molecule has 19 heavy (non-hydrogen) atoms. The van der Waals surface area contributed by atoms with E-state index in [-0.39, 0.29) is 15.0 Å². The standard InChI is InChI=1S/C10H17BrN4O3S/c1-10(3-5-18-6-4-10)7-12-19(16,17)9-8(11)13-14-15(9)2/h12H,3-7H2,1-2H3. The van der Waals surface area contributed by atoms with Crippen molar-refractivity contribution in [1.82, 2.24) is 19.7 Å². The van der Waals surface area contributed by atoms with Crippen LogP contribution in [0.25, 0.3) is 0 Å². The van der Waals surface area contributed by atoms with Crippen LogP contribution in [-0.4, -0.2) is 43.2 Å². The van der Waals surface area contributed by atoms with Crippen LogP contribution in [-0.2, 0) is 21.8 Å². The van der Waals surface area contributed by atoms with E-state index in [0.717, 1.165) is 12.8 Å². The Morgan fingerprint density at radius 3 is 2.63 bits per heavy atom. The largest absolute Gasteiger partial charge is 0.381 e. The van der Waals surface area contributed by atoms with Crippen LogP contribution in [0.2, 0.25) is 0 Å². The predicted molar refractivity (Wildman–Crippen MR) is 72.1 cm³/mol. The van der Waals surface area contributed by atoms with E-state index in [1.54, 1.807) is 7.05 Å². The number of rotatable bonds is 4.